The smallest absolute Gasteiger partial charge is 0.253 e. The minimum absolute atomic E-state index is 0.0112. The molecule has 0 unspecified atom stereocenters. The number of carbonyl (C=O) groups excluding carboxylic acids is 1. The van der Waals surface area contributed by atoms with Gasteiger partial charge < -0.3 is 19.7 Å². The van der Waals surface area contributed by atoms with Crippen molar-refractivity contribution in [1.29, 1.82) is 0 Å². The van der Waals surface area contributed by atoms with Gasteiger partial charge in [-0.15, -0.1) is 0 Å². The molecule has 0 bridgehead atoms. The molecule has 35 heavy (non-hydrogen) atoms. The number of rotatable bonds is 6. The van der Waals surface area contributed by atoms with Crippen molar-refractivity contribution in [3.8, 4) is 17.0 Å². The molecule has 1 spiro atoms. The molecule has 5 rings (SSSR count). The van der Waals surface area contributed by atoms with Crippen LogP contribution < -0.4 is 10.1 Å². The van der Waals surface area contributed by atoms with Gasteiger partial charge in [-0.05, 0) is 44.9 Å². The Balaban J connectivity index is 1.33. The van der Waals surface area contributed by atoms with Crippen LogP contribution in [-0.2, 0) is 4.74 Å². The van der Waals surface area contributed by atoms with Crippen LogP contribution >= 0.6 is 11.6 Å². The normalized spacial score (nSPS) is 16.9. The predicted molar refractivity (Wildman–Crippen MR) is 133 cm³/mol. The molecule has 1 amide bonds. The first kappa shape index (κ1) is 23.6. The maximum atomic E-state index is 13.1. The molecule has 1 aromatic carbocycles. The molecule has 10 heteroatoms. The van der Waals surface area contributed by atoms with Crippen molar-refractivity contribution < 1.29 is 14.3 Å². The van der Waals surface area contributed by atoms with E-state index in [0.717, 1.165) is 44.7 Å². The Hall–Kier alpha value is -3.17. The number of ether oxygens (including phenoxy) is 2. The number of anilines is 2. The summed E-state index contributed by atoms with van der Waals surface area (Å²) in [6.07, 6.45) is 7.17. The summed E-state index contributed by atoms with van der Waals surface area (Å²) < 4.78 is 12.8. The van der Waals surface area contributed by atoms with Gasteiger partial charge >= 0.3 is 0 Å². The molecular formula is C25H29ClN6O3. The van der Waals surface area contributed by atoms with Crippen molar-refractivity contribution in [3.05, 3.63) is 47.4 Å². The highest BCUT2D eigenvalue weighted by molar-refractivity contribution is 6.32. The average Bonchev–Trinajstić information content (AvgIpc) is 3.35. The van der Waals surface area contributed by atoms with Crippen LogP contribution in [0.5, 0.6) is 5.75 Å². The standard InChI is InChI=1S/C25H29ClN6O3/c1-16(2)32-13-18(11-28-32)22-19(26)12-27-24(30-22)29-20-5-4-17(10-21(20)34-3)23(33)31-8-6-25(7-9-31)14-35-15-25/h4-5,10-13,16H,6-9,14-15H2,1-3H3,(H,27,29,30). The van der Waals surface area contributed by atoms with E-state index in [0.29, 0.717) is 33.7 Å². The van der Waals surface area contributed by atoms with Gasteiger partial charge in [-0.2, -0.15) is 5.10 Å². The minimum atomic E-state index is 0.0112. The summed E-state index contributed by atoms with van der Waals surface area (Å²) in [7, 11) is 1.57. The maximum Gasteiger partial charge on any atom is 0.253 e. The molecule has 9 nitrogen and oxygen atoms in total. The molecular weight excluding hydrogens is 468 g/mol. The Morgan fingerprint density at radius 3 is 2.63 bits per heavy atom. The maximum absolute atomic E-state index is 13.1. The molecule has 2 aromatic heterocycles. The highest BCUT2D eigenvalue weighted by atomic mass is 35.5. The second-order valence-electron chi connectivity index (χ2n) is 9.52. The predicted octanol–water partition coefficient (Wildman–Crippen LogP) is 4.58. The van der Waals surface area contributed by atoms with Gasteiger partial charge in [0.05, 0.1) is 49.1 Å². The number of hydrogen-bond donors (Lipinski definition) is 1. The first-order valence-corrected chi connectivity index (χ1v) is 12.1. The summed E-state index contributed by atoms with van der Waals surface area (Å²) >= 11 is 6.38. The molecule has 0 saturated carbocycles. The van der Waals surface area contributed by atoms with Crippen LogP contribution in [0.3, 0.4) is 0 Å². The third kappa shape index (κ3) is 4.70. The number of benzene rings is 1. The number of nitrogens with one attached hydrogen (secondary N) is 1. The van der Waals surface area contributed by atoms with E-state index in [1.807, 2.05) is 21.8 Å². The van der Waals surface area contributed by atoms with Gasteiger partial charge in [0.2, 0.25) is 5.95 Å². The zero-order chi connectivity index (χ0) is 24.6. The quantitative estimate of drug-likeness (QED) is 0.533. The Morgan fingerprint density at radius 2 is 2.00 bits per heavy atom. The molecule has 2 aliphatic heterocycles. The summed E-state index contributed by atoms with van der Waals surface area (Å²) in [6, 6.07) is 5.59. The lowest BCUT2D eigenvalue weighted by Crippen LogP contribution is -2.52. The third-order valence-corrected chi connectivity index (χ3v) is 7.05. The number of likely N-dealkylation sites (tertiary alicyclic amines) is 1. The van der Waals surface area contributed by atoms with Crippen molar-refractivity contribution in [2.45, 2.75) is 32.7 Å². The molecule has 184 valence electrons. The lowest BCUT2D eigenvalue weighted by molar-refractivity contribution is -0.136. The Bertz CT molecular complexity index is 1230. The number of carbonyl (C=O) groups is 1. The van der Waals surface area contributed by atoms with Crippen LogP contribution in [-0.4, -0.2) is 64.0 Å². The van der Waals surface area contributed by atoms with Gasteiger partial charge in [-0.25, -0.2) is 9.97 Å². The number of hydrogen-bond acceptors (Lipinski definition) is 7. The van der Waals surface area contributed by atoms with E-state index in [-0.39, 0.29) is 17.4 Å². The fourth-order valence-corrected chi connectivity index (χ4v) is 4.67. The number of methoxy groups -OCH3 is 1. The Morgan fingerprint density at radius 1 is 1.23 bits per heavy atom. The fraction of sp³-hybridized carbons (Fsp3) is 0.440. The molecule has 0 aliphatic carbocycles. The summed E-state index contributed by atoms with van der Waals surface area (Å²) in [5.41, 5.74) is 2.92. The van der Waals surface area contributed by atoms with Crippen LogP contribution in [0.2, 0.25) is 5.02 Å². The zero-order valence-corrected chi connectivity index (χ0v) is 20.9. The molecule has 0 atom stereocenters. The number of nitrogens with zero attached hydrogens (tertiary/aromatic N) is 5. The SMILES string of the molecule is COc1cc(C(=O)N2CCC3(CC2)COC3)ccc1Nc1ncc(Cl)c(-c2cnn(C(C)C)c2)n1. The van der Waals surface area contributed by atoms with Crippen LogP contribution in [0, 0.1) is 5.41 Å². The van der Waals surface area contributed by atoms with Crippen LogP contribution in [0.1, 0.15) is 43.1 Å². The topological polar surface area (TPSA) is 94.4 Å². The van der Waals surface area contributed by atoms with Crippen molar-refractivity contribution >= 4 is 29.1 Å². The van der Waals surface area contributed by atoms with Crippen molar-refractivity contribution in [2.75, 3.05) is 38.7 Å². The third-order valence-electron chi connectivity index (χ3n) is 6.77. The molecule has 1 N–H and O–H groups in total. The minimum Gasteiger partial charge on any atom is -0.495 e. The molecule has 2 fully saturated rings. The number of piperidine rings is 1. The van der Waals surface area contributed by atoms with E-state index in [2.05, 4.69) is 34.2 Å². The molecule has 2 aliphatic rings. The lowest BCUT2D eigenvalue weighted by Gasteiger charge is -2.47. The first-order valence-electron chi connectivity index (χ1n) is 11.8. The summed E-state index contributed by atoms with van der Waals surface area (Å²) in [4.78, 5) is 23.9. The van der Waals surface area contributed by atoms with E-state index in [4.69, 9.17) is 21.1 Å². The zero-order valence-electron chi connectivity index (χ0n) is 20.1. The van der Waals surface area contributed by atoms with Crippen molar-refractivity contribution in [1.82, 2.24) is 24.6 Å². The Labute approximate surface area is 209 Å². The molecule has 2 saturated heterocycles. The number of halogens is 1. The number of amides is 1. The first-order chi connectivity index (χ1) is 16.9. The largest absolute Gasteiger partial charge is 0.495 e. The summed E-state index contributed by atoms with van der Waals surface area (Å²) in [5.74, 6) is 0.907. The van der Waals surface area contributed by atoms with Gasteiger partial charge in [-0.1, -0.05) is 11.6 Å². The van der Waals surface area contributed by atoms with Crippen LogP contribution in [0.25, 0.3) is 11.3 Å². The van der Waals surface area contributed by atoms with Gasteiger partial charge in [0, 0.05) is 41.9 Å². The second kappa shape index (κ2) is 9.47. The molecule has 4 heterocycles. The Kier molecular flexibility index (Phi) is 6.37. The average molecular weight is 497 g/mol. The fourth-order valence-electron chi connectivity index (χ4n) is 4.47. The molecule has 0 radical (unpaired) electrons. The highest BCUT2D eigenvalue weighted by Gasteiger charge is 2.42. The summed E-state index contributed by atoms with van der Waals surface area (Å²) in [6.45, 7) is 7.24. The van der Waals surface area contributed by atoms with E-state index in [1.54, 1.807) is 31.6 Å². The van der Waals surface area contributed by atoms with Gasteiger partial charge in [0.1, 0.15) is 5.75 Å². The molecule has 3 aromatic rings. The van der Waals surface area contributed by atoms with E-state index >= 15 is 0 Å². The van der Waals surface area contributed by atoms with Crippen molar-refractivity contribution in [3.63, 3.8) is 0 Å². The van der Waals surface area contributed by atoms with E-state index < -0.39 is 0 Å². The van der Waals surface area contributed by atoms with Gasteiger partial charge in [-0.3, -0.25) is 9.48 Å². The van der Waals surface area contributed by atoms with E-state index in [9.17, 15) is 4.79 Å². The van der Waals surface area contributed by atoms with Gasteiger partial charge in [0.15, 0.2) is 0 Å². The lowest BCUT2D eigenvalue weighted by atomic mass is 9.77. The van der Waals surface area contributed by atoms with E-state index in [1.165, 1.54) is 0 Å². The van der Waals surface area contributed by atoms with Crippen LogP contribution in [0.4, 0.5) is 11.6 Å². The highest BCUT2D eigenvalue weighted by Crippen LogP contribution is 2.39. The van der Waals surface area contributed by atoms with Gasteiger partial charge in [0.25, 0.3) is 5.91 Å². The summed E-state index contributed by atoms with van der Waals surface area (Å²) in [5, 5.41) is 7.99. The van der Waals surface area contributed by atoms with Crippen LogP contribution in [0.15, 0.2) is 36.8 Å². The number of aromatic nitrogens is 4. The van der Waals surface area contributed by atoms with Crippen molar-refractivity contribution in [2.24, 2.45) is 5.41 Å². The monoisotopic (exact) mass is 496 g/mol. The second-order valence-corrected chi connectivity index (χ2v) is 9.93.